The van der Waals surface area contributed by atoms with Gasteiger partial charge in [-0.1, -0.05) is 48.5 Å². The number of carboxylic acid groups (broad SMARTS) is 1. The van der Waals surface area contributed by atoms with Gasteiger partial charge in [-0.2, -0.15) is 26.3 Å². The molecule has 0 unspecified atom stereocenters. The first-order valence-corrected chi connectivity index (χ1v) is 11.5. The number of carbonyl (C=O) groups excluding carboxylic acids is 2. The highest BCUT2D eigenvalue weighted by atomic mass is 19.4. The van der Waals surface area contributed by atoms with Crippen LogP contribution in [0.3, 0.4) is 0 Å². The summed E-state index contributed by atoms with van der Waals surface area (Å²) in [7, 11) is 0. The summed E-state index contributed by atoms with van der Waals surface area (Å²) in [6.07, 6.45) is -16.7. The van der Waals surface area contributed by atoms with Gasteiger partial charge in [-0.05, 0) is 18.9 Å². The Hall–Kier alpha value is -3.90. The van der Waals surface area contributed by atoms with E-state index in [1.165, 1.54) is 0 Å². The van der Waals surface area contributed by atoms with Gasteiger partial charge in [-0.25, -0.2) is 4.99 Å². The number of rotatable bonds is 9. The van der Waals surface area contributed by atoms with Crippen molar-refractivity contribution in [2.75, 3.05) is 5.32 Å². The van der Waals surface area contributed by atoms with Crippen LogP contribution in [0, 0.1) is 11.8 Å². The number of carboxylic acids is 1. The molecule has 0 saturated heterocycles. The third-order valence-corrected chi connectivity index (χ3v) is 5.89. The number of alkyl halides is 6. The molecule has 2 amide bonds. The molecule has 3 atom stereocenters. The van der Waals surface area contributed by atoms with Crippen molar-refractivity contribution in [3.63, 3.8) is 0 Å². The van der Waals surface area contributed by atoms with Crippen LogP contribution in [-0.4, -0.2) is 47.1 Å². The molecule has 204 valence electrons. The standard InChI is InChI=1S/C25H23F6N3O4/c26-24(27,28)12-10-15(16(23(37)38)11-13-25(29,30)31)21(35)34-20-22(36)32-18-9-5-4-8-17(18)19(33-20)14-6-2-1-3-7-14/h1-9,15-16,20H,10-13H2,(H,32,36)(H,34,35)(H,37,38)/t15-,16-,20-/m1/s1. The molecule has 0 fully saturated rings. The third kappa shape index (κ3) is 7.80. The van der Waals surface area contributed by atoms with E-state index in [1.807, 2.05) is 0 Å². The molecule has 0 bridgehead atoms. The second-order valence-corrected chi connectivity index (χ2v) is 8.65. The normalized spacial score (nSPS) is 17.4. The van der Waals surface area contributed by atoms with Crippen molar-refractivity contribution in [2.24, 2.45) is 16.8 Å². The van der Waals surface area contributed by atoms with Crippen molar-refractivity contribution >= 4 is 29.2 Å². The van der Waals surface area contributed by atoms with Crippen LogP contribution in [0.1, 0.15) is 36.8 Å². The van der Waals surface area contributed by atoms with Crippen LogP contribution in [0.25, 0.3) is 0 Å². The maximum Gasteiger partial charge on any atom is 0.389 e. The van der Waals surface area contributed by atoms with Crippen molar-refractivity contribution in [1.82, 2.24) is 5.32 Å². The van der Waals surface area contributed by atoms with Gasteiger partial charge < -0.3 is 15.7 Å². The van der Waals surface area contributed by atoms with Gasteiger partial charge in [-0.3, -0.25) is 14.4 Å². The molecule has 0 aliphatic carbocycles. The average Bonchev–Trinajstić information content (AvgIpc) is 2.96. The largest absolute Gasteiger partial charge is 0.481 e. The summed E-state index contributed by atoms with van der Waals surface area (Å²) in [6.45, 7) is 0. The number of carbonyl (C=O) groups is 3. The number of anilines is 1. The minimum absolute atomic E-state index is 0.253. The molecule has 1 aliphatic rings. The highest BCUT2D eigenvalue weighted by Gasteiger charge is 2.41. The number of para-hydroxylation sites is 1. The number of aliphatic imine (C=N–C) groups is 1. The highest BCUT2D eigenvalue weighted by molar-refractivity contribution is 6.19. The van der Waals surface area contributed by atoms with E-state index in [2.05, 4.69) is 15.6 Å². The SMILES string of the molecule is O=C1Nc2ccccc2C(c2ccccc2)=N[C@@H]1NC(=O)[C@H](CCC(F)(F)F)[C@@H](CCC(F)(F)F)C(=O)O. The van der Waals surface area contributed by atoms with Crippen molar-refractivity contribution in [2.45, 2.75) is 44.2 Å². The van der Waals surface area contributed by atoms with Gasteiger partial charge in [0.2, 0.25) is 12.1 Å². The van der Waals surface area contributed by atoms with E-state index in [0.29, 0.717) is 16.8 Å². The number of nitrogens with zero attached hydrogens (tertiary/aromatic N) is 1. The number of aliphatic carboxylic acids is 1. The fraction of sp³-hybridized carbons (Fsp3) is 0.360. The molecule has 0 radical (unpaired) electrons. The molecule has 0 spiro atoms. The second kappa shape index (κ2) is 11.7. The molecule has 1 heterocycles. The zero-order valence-electron chi connectivity index (χ0n) is 19.6. The molecular weight excluding hydrogens is 520 g/mol. The van der Waals surface area contributed by atoms with Crippen LogP contribution in [0.4, 0.5) is 32.0 Å². The number of benzene rings is 2. The topological polar surface area (TPSA) is 108 Å². The molecule has 0 aromatic heterocycles. The van der Waals surface area contributed by atoms with Crippen LogP contribution in [-0.2, 0) is 14.4 Å². The minimum atomic E-state index is -4.80. The van der Waals surface area contributed by atoms with Gasteiger partial charge in [0.25, 0.3) is 5.91 Å². The number of hydrogen-bond donors (Lipinski definition) is 3. The number of benzodiazepines with no additional fused rings is 1. The Morgan fingerprint density at radius 2 is 1.45 bits per heavy atom. The van der Waals surface area contributed by atoms with Crippen LogP contribution in [0.15, 0.2) is 59.6 Å². The molecule has 7 nitrogen and oxygen atoms in total. The fourth-order valence-electron chi connectivity index (χ4n) is 4.07. The number of fused-ring (bicyclic) bond motifs is 1. The van der Waals surface area contributed by atoms with Gasteiger partial charge in [0.05, 0.1) is 23.2 Å². The Balaban J connectivity index is 1.96. The van der Waals surface area contributed by atoms with Crippen molar-refractivity contribution < 1.29 is 45.8 Å². The molecule has 38 heavy (non-hydrogen) atoms. The summed E-state index contributed by atoms with van der Waals surface area (Å²) in [6, 6.07) is 15.0. The Morgan fingerprint density at radius 3 is 2.03 bits per heavy atom. The minimum Gasteiger partial charge on any atom is -0.481 e. The molecule has 0 saturated carbocycles. The van der Waals surface area contributed by atoms with E-state index in [1.54, 1.807) is 54.6 Å². The van der Waals surface area contributed by atoms with Gasteiger partial charge in [0.15, 0.2) is 0 Å². The van der Waals surface area contributed by atoms with E-state index in [-0.39, 0.29) is 5.71 Å². The lowest BCUT2D eigenvalue weighted by molar-refractivity contribution is -0.159. The molecule has 2 aromatic rings. The zero-order valence-corrected chi connectivity index (χ0v) is 19.6. The number of hydrogen-bond acceptors (Lipinski definition) is 4. The van der Waals surface area contributed by atoms with E-state index in [9.17, 15) is 45.8 Å². The fourth-order valence-corrected chi connectivity index (χ4v) is 4.07. The lowest BCUT2D eigenvalue weighted by Gasteiger charge is -2.25. The van der Waals surface area contributed by atoms with Crippen molar-refractivity contribution in [3.8, 4) is 0 Å². The first-order valence-electron chi connectivity index (χ1n) is 11.5. The lowest BCUT2D eigenvalue weighted by Crippen LogP contribution is -2.47. The van der Waals surface area contributed by atoms with E-state index < -0.39 is 73.8 Å². The predicted molar refractivity (Wildman–Crippen MR) is 124 cm³/mol. The lowest BCUT2D eigenvalue weighted by atomic mass is 9.84. The summed E-state index contributed by atoms with van der Waals surface area (Å²) in [5, 5.41) is 14.2. The van der Waals surface area contributed by atoms with Crippen LogP contribution in [0.2, 0.25) is 0 Å². The predicted octanol–water partition coefficient (Wildman–Crippen LogP) is 4.92. The number of halogens is 6. The number of amides is 2. The van der Waals surface area contributed by atoms with Gasteiger partial charge >= 0.3 is 18.3 Å². The van der Waals surface area contributed by atoms with Gasteiger partial charge in [-0.15, -0.1) is 0 Å². The molecular formula is C25H23F6N3O4. The molecule has 3 rings (SSSR count). The summed E-state index contributed by atoms with van der Waals surface area (Å²) in [5.41, 5.74) is 1.60. The summed E-state index contributed by atoms with van der Waals surface area (Å²) >= 11 is 0. The molecule has 3 N–H and O–H groups in total. The summed E-state index contributed by atoms with van der Waals surface area (Å²) in [5.74, 6) is -8.14. The highest BCUT2D eigenvalue weighted by Crippen LogP contribution is 2.33. The summed E-state index contributed by atoms with van der Waals surface area (Å²) < 4.78 is 77.2. The van der Waals surface area contributed by atoms with Crippen LogP contribution >= 0.6 is 0 Å². The van der Waals surface area contributed by atoms with E-state index in [0.717, 1.165) is 0 Å². The average molecular weight is 543 g/mol. The van der Waals surface area contributed by atoms with Crippen LogP contribution in [0.5, 0.6) is 0 Å². The molecule has 13 heteroatoms. The van der Waals surface area contributed by atoms with E-state index >= 15 is 0 Å². The maximum absolute atomic E-state index is 13.1. The van der Waals surface area contributed by atoms with Gasteiger partial charge in [0, 0.05) is 24.0 Å². The first-order chi connectivity index (χ1) is 17.7. The maximum atomic E-state index is 13.1. The third-order valence-electron chi connectivity index (χ3n) is 5.89. The number of nitrogens with one attached hydrogen (secondary N) is 2. The Bertz CT molecular complexity index is 1200. The van der Waals surface area contributed by atoms with E-state index in [4.69, 9.17) is 0 Å². The quantitative estimate of drug-likeness (QED) is 0.390. The Morgan fingerprint density at radius 1 is 0.895 bits per heavy atom. The second-order valence-electron chi connectivity index (χ2n) is 8.65. The van der Waals surface area contributed by atoms with Gasteiger partial charge in [0.1, 0.15) is 0 Å². The van der Waals surface area contributed by atoms with Crippen molar-refractivity contribution in [3.05, 3.63) is 65.7 Å². The van der Waals surface area contributed by atoms with Crippen LogP contribution < -0.4 is 10.6 Å². The zero-order chi connectivity index (χ0) is 28.1. The Labute approximate surface area is 212 Å². The molecule has 2 aromatic carbocycles. The first kappa shape index (κ1) is 28.7. The monoisotopic (exact) mass is 543 g/mol. The Kier molecular flexibility index (Phi) is 8.79. The smallest absolute Gasteiger partial charge is 0.389 e. The van der Waals surface area contributed by atoms with Crippen molar-refractivity contribution in [1.29, 1.82) is 0 Å². The molecule has 1 aliphatic heterocycles. The summed E-state index contributed by atoms with van der Waals surface area (Å²) in [4.78, 5) is 42.1.